The molecule has 0 spiro atoms. The minimum absolute atomic E-state index is 0.803. The first-order valence-electron chi connectivity index (χ1n) is 5.78. The molecule has 1 aliphatic rings. The van der Waals surface area contributed by atoms with Crippen molar-refractivity contribution in [2.45, 2.75) is 25.7 Å². The van der Waals surface area contributed by atoms with Crippen molar-refractivity contribution in [1.29, 1.82) is 0 Å². The normalized spacial score (nSPS) is 20.1. The molecule has 3 heteroatoms. The maximum absolute atomic E-state index is 5.67. The third-order valence-corrected chi connectivity index (χ3v) is 3.81. The molecule has 0 radical (unpaired) electrons. The fourth-order valence-electron chi connectivity index (χ4n) is 2.03. The lowest BCUT2D eigenvalue weighted by molar-refractivity contribution is 0.185. The van der Waals surface area contributed by atoms with E-state index in [1.54, 1.807) is 0 Å². The first-order valence-corrected chi connectivity index (χ1v) is 7.17. The van der Waals surface area contributed by atoms with E-state index in [9.17, 15) is 0 Å². The SMILES string of the molecule is CSCCCCN1CCC(CN)CC1. The standard InChI is InChI=1S/C11H24N2S/c1-14-9-3-2-6-13-7-4-11(10-12)5-8-13/h11H,2-10,12H2,1H3. The van der Waals surface area contributed by atoms with Gasteiger partial charge in [-0.2, -0.15) is 11.8 Å². The van der Waals surface area contributed by atoms with Gasteiger partial charge < -0.3 is 10.6 Å². The van der Waals surface area contributed by atoms with Gasteiger partial charge in [0.2, 0.25) is 0 Å². The first kappa shape index (κ1) is 12.3. The molecule has 1 rings (SSSR count). The molecular formula is C11H24N2S. The fraction of sp³-hybridized carbons (Fsp3) is 1.00. The minimum Gasteiger partial charge on any atom is -0.330 e. The molecule has 0 unspecified atom stereocenters. The van der Waals surface area contributed by atoms with Crippen LogP contribution in [0.25, 0.3) is 0 Å². The number of rotatable bonds is 6. The van der Waals surface area contributed by atoms with E-state index in [1.165, 1.54) is 51.1 Å². The van der Waals surface area contributed by atoms with E-state index >= 15 is 0 Å². The summed E-state index contributed by atoms with van der Waals surface area (Å²) in [6.45, 7) is 4.75. The highest BCUT2D eigenvalue weighted by atomic mass is 32.2. The zero-order valence-electron chi connectivity index (χ0n) is 9.37. The summed E-state index contributed by atoms with van der Waals surface area (Å²) < 4.78 is 0. The molecule has 14 heavy (non-hydrogen) atoms. The minimum atomic E-state index is 0.803. The van der Waals surface area contributed by atoms with Crippen LogP contribution in [0.3, 0.4) is 0 Å². The Balaban J connectivity index is 1.98. The first-order chi connectivity index (χ1) is 6.86. The molecule has 0 aliphatic carbocycles. The van der Waals surface area contributed by atoms with Gasteiger partial charge in [-0.1, -0.05) is 0 Å². The van der Waals surface area contributed by atoms with Gasteiger partial charge in [-0.15, -0.1) is 0 Å². The Morgan fingerprint density at radius 3 is 2.57 bits per heavy atom. The van der Waals surface area contributed by atoms with Crippen LogP contribution in [0.4, 0.5) is 0 Å². The number of nitrogens with zero attached hydrogens (tertiary/aromatic N) is 1. The Morgan fingerprint density at radius 1 is 1.29 bits per heavy atom. The van der Waals surface area contributed by atoms with Crippen molar-refractivity contribution < 1.29 is 0 Å². The number of thioether (sulfide) groups is 1. The highest BCUT2D eigenvalue weighted by Crippen LogP contribution is 2.16. The number of unbranched alkanes of at least 4 members (excludes halogenated alkanes) is 1. The highest BCUT2D eigenvalue weighted by Gasteiger charge is 2.16. The Bertz CT molecular complexity index is 133. The summed E-state index contributed by atoms with van der Waals surface area (Å²) >= 11 is 1.96. The summed E-state index contributed by atoms with van der Waals surface area (Å²) in [6.07, 6.45) is 7.57. The van der Waals surface area contributed by atoms with Gasteiger partial charge in [0.15, 0.2) is 0 Å². The summed E-state index contributed by atoms with van der Waals surface area (Å²) in [4.78, 5) is 2.60. The van der Waals surface area contributed by atoms with Gasteiger partial charge in [-0.3, -0.25) is 0 Å². The van der Waals surface area contributed by atoms with Crippen LogP contribution in [-0.4, -0.2) is 43.1 Å². The summed E-state index contributed by atoms with van der Waals surface area (Å²) in [5.41, 5.74) is 5.67. The zero-order valence-corrected chi connectivity index (χ0v) is 10.2. The predicted octanol–water partition coefficient (Wildman–Crippen LogP) is 1.80. The smallest absolute Gasteiger partial charge is 0.00156 e. The molecule has 1 aliphatic heterocycles. The van der Waals surface area contributed by atoms with Crippen molar-refractivity contribution >= 4 is 11.8 Å². The van der Waals surface area contributed by atoms with Gasteiger partial charge in [0, 0.05) is 0 Å². The van der Waals surface area contributed by atoms with E-state index in [2.05, 4.69) is 11.2 Å². The number of likely N-dealkylation sites (tertiary alicyclic amines) is 1. The van der Waals surface area contributed by atoms with Crippen LogP contribution in [0.2, 0.25) is 0 Å². The van der Waals surface area contributed by atoms with Gasteiger partial charge in [0.25, 0.3) is 0 Å². The Morgan fingerprint density at radius 2 is 2.00 bits per heavy atom. The summed E-state index contributed by atoms with van der Waals surface area (Å²) in [5, 5.41) is 0. The zero-order chi connectivity index (χ0) is 10.2. The molecule has 2 N–H and O–H groups in total. The molecule has 0 atom stereocenters. The molecule has 0 bridgehead atoms. The quantitative estimate of drug-likeness (QED) is 0.687. The molecular weight excluding hydrogens is 192 g/mol. The van der Waals surface area contributed by atoms with E-state index in [0.29, 0.717) is 0 Å². The lowest BCUT2D eigenvalue weighted by atomic mass is 9.97. The monoisotopic (exact) mass is 216 g/mol. The molecule has 0 aromatic carbocycles. The highest BCUT2D eigenvalue weighted by molar-refractivity contribution is 7.98. The van der Waals surface area contributed by atoms with Gasteiger partial charge >= 0.3 is 0 Å². The van der Waals surface area contributed by atoms with E-state index < -0.39 is 0 Å². The molecule has 1 heterocycles. The predicted molar refractivity (Wildman–Crippen MR) is 65.8 cm³/mol. The molecule has 0 aromatic heterocycles. The third kappa shape index (κ3) is 4.67. The molecule has 2 nitrogen and oxygen atoms in total. The van der Waals surface area contributed by atoms with Gasteiger partial charge in [-0.05, 0) is 69.8 Å². The van der Waals surface area contributed by atoms with Crippen molar-refractivity contribution in [2.24, 2.45) is 11.7 Å². The van der Waals surface area contributed by atoms with Gasteiger partial charge in [0.05, 0.1) is 0 Å². The van der Waals surface area contributed by atoms with E-state index in [1.807, 2.05) is 11.8 Å². The average molecular weight is 216 g/mol. The van der Waals surface area contributed by atoms with E-state index in [-0.39, 0.29) is 0 Å². The lowest BCUT2D eigenvalue weighted by Crippen LogP contribution is -2.36. The summed E-state index contributed by atoms with van der Waals surface area (Å²) in [7, 11) is 0. The number of piperidine rings is 1. The molecule has 1 fully saturated rings. The van der Waals surface area contributed by atoms with Crippen molar-refractivity contribution in [3.05, 3.63) is 0 Å². The largest absolute Gasteiger partial charge is 0.330 e. The molecule has 1 saturated heterocycles. The maximum atomic E-state index is 5.67. The van der Waals surface area contributed by atoms with Crippen LogP contribution in [-0.2, 0) is 0 Å². The second-order valence-corrected chi connectivity index (χ2v) is 5.21. The van der Waals surface area contributed by atoms with Crippen molar-refractivity contribution in [1.82, 2.24) is 4.90 Å². The molecule has 0 aromatic rings. The van der Waals surface area contributed by atoms with Crippen molar-refractivity contribution in [2.75, 3.05) is 38.2 Å². The molecule has 0 saturated carbocycles. The number of hydrogen-bond donors (Lipinski definition) is 1. The Kier molecular flexibility index (Phi) is 6.65. The molecule has 0 amide bonds. The maximum Gasteiger partial charge on any atom is -0.00156 e. The lowest BCUT2D eigenvalue weighted by Gasteiger charge is -2.31. The Labute approximate surface area is 92.6 Å². The van der Waals surface area contributed by atoms with Gasteiger partial charge in [0.1, 0.15) is 0 Å². The summed E-state index contributed by atoms with van der Waals surface area (Å²) in [5.74, 6) is 2.12. The van der Waals surface area contributed by atoms with E-state index in [4.69, 9.17) is 5.73 Å². The molecule has 84 valence electrons. The topological polar surface area (TPSA) is 29.3 Å². The van der Waals surface area contributed by atoms with Crippen LogP contribution in [0, 0.1) is 5.92 Å². The van der Waals surface area contributed by atoms with Crippen LogP contribution in [0.1, 0.15) is 25.7 Å². The van der Waals surface area contributed by atoms with E-state index in [0.717, 1.165) is 12.5 Å². The number of nitrogens with two attached hydrogens (primary N) is 1. The van der Waals surface area contributed by atoms with Crippen molar-refractivity contribution in [3.63, 3.8) is 0 Å². The van der Waals surface area contributed by atoms with Crippen LogP contribution < -0.4 is 5.73 Å². The summed E-state index contributed by atoms with van der Waals surface area (Å²) in [6, 6.07) is 0. The Hall–Kier alpha value is 0.270. The average Bonchev–Trinajstić information content (AvgIpc) is 2.25. The second kappa shape index (κ2) is 7.55. The van der Waals surface area contributed by atoms with Crippen LogP contribution >= 0.6 is 11.8 Å². The van der Waals surface area contributed by atoms with Crippen LogP contribution in [0.15, 0.2) is 0 Å². The third-order valence-electron chi connectivity index (χ3n) is 3.11. The number of hydrogen-bond acceptors (Lipinski definition) is 3. The fourth-order valence-corrected chi connectivity index (χ4v) is 2.52. The van der Waals surface area contributed by atoms with Gasteiger partial charge in [-0.25, -0.2) is 0 Å². The second-order valence-electron chi connectivity index (χ2n) is 4.22. The van der Waals surface area contributed by atoms with Crippen molar-refractivity contribution in [3.8, 4) is 0 Å². The van der Waals surface area contributed by atoms with Crippen LogP contribution in [0.5, 0.6) is 0 Å².